The van der Waals surface area contributed by atoms with Crippen molar-refractivity contribution in [3.63, 3.8) is 0 Å². The molecule has 1 saturated heterocycles. The number of imide groups is 2. The van der Waals surface area contributed by atoms with Crippen molar-refractivity contribution in [2.24, 2.45) is 0 Å². The van der Waals surface area contributed by atoms with E-state index >= 15 is 0 Å². The number of halogens is 1. The molecular weight excluding hydrogens is 393 g/mol. The molecule has 4 rings (SSSR count). The highest BCUT2D eigenvalue weighted by atomic mass is 32.1. The lowest BCUT2D eigenvalue weighted by Gasteiger charge is -2.22. The van der Waals surface area contributed by atoms with Gasteiger partial charge in [-0.1, -0.05) is 30.3 Å². The first-order valence-corrected chi connectivity index (χ1v) is 9.78. The van der Waals surface area contributed by atoms with Crippen LogP contribution >= 0.6 is 11.3 Å². The van der Waals surface area contributed by atoms with E-state index in [0.29, 0.717) is 10.7 Å². The maximum Gasteiger partial charge on any atom is 0.335 e. The Hall–Kier alpha value is -3.39. The normalized spacial score (nSPS) is 15.3. The average molecular weight is 409 g/mol. The zero-order valence-electron chi connectivity index (χ0n) is 15.4. The summed E-state index contributed by atoms with van der Waals surface area (Å²) in [5, 5.41) is 2.35. The number of urea groups is 1. The number of hydrogen-bond donors (Lipinski definition) is 0. The fourth-order valence-electron chi connectivity index (χ4n) is 3.15. The Kier molecular flexibility index (Phi) is 4.94. The van der Waals surface area contributed by atoms with E-state index < -0.39 is 23.9 Å². The number of amides is 4. The van der Waals surface area contributed by atoms with Gasteiger partial charge in [-0.2, -0.15) is 0 Å². The Balaban J connectivity index is 1.54. The Morgan fingerprint density at radius 3 is 2.38 bits per heavy atom. The minimum atomic E-state index is -0.867. The van der Waals surface area contributed by atoms with Crippen LogP contribution < -0.4 is 0 Å². The average Bonchev–Trinajstić information content (AvgIpc) is 3.28. The molecule has 2 heterocycles. The third-order valence-corrected chi connectivity index (χ3v) is 5.66. The van der Waals surface area contributed by atoms with Gasteiger partial charge in [0.25, 0.3) is 0 Å². The minimum absolute atomic E-state index is 0.0981. The van der Waals surface area contributed by atoms with Gasteiger partial charge in [-0.3, -0.25) is 9.59 Å². The van der Waals surface area contributed by atoms with E-state index in [1.54, 1.807) is 36.6 Å². The van der Waals surface area contributed by atoms with Gasteiger partial charge < -0.3 is 0 Å². The summed E-state index contributed by atoms with van der Waals surface area (Å²) in [6.07, 6.45) is 0. The van der Waals surface area contributed by atoms with Crippen LogP contribution in [-0.2, 0) is 16.1 Å². The van der Waals surface area contributed by atoms with Gasteiger partial charge in [-0.15, -0.1) is 11.3 Å². The van der Waals surface area contributed by atoms with Gasteiger partial charge in [0, 0.05) is 10.9 Å². The van der Waals surface area contributed by atoms with Gasteiger partial charge in [0.2, 0.25) is 0 Å². The Morgan fingerprint density at radius 1 is 1.00 bits per heavy atom. The smallest absolute Gasteiger partial charge is 0.263 e. The summed E-state index contributed by atoms with van der Waals surface area (Å²) in [5.41, 5.74) is 1.98. The maximum atomic E-state index is 13.1. The number of rotatable bonds is 5. The molecule has 2 aromatic carbocycles. The first-order chi connectivity index (χ1) is 14.0. The van der Waals surface area contributed by atoms with Crippen molar-refractivity contribution in [2.75, 3.05) is 0 Å². The fraction of sp³-hybridized carbons (Fsp3) is 0.143. The van der Waals surface area contributed by atoms with E-state index in [1.165, 1.54) is 23.5 Å². The van der Waals surface area contributed by atoms with Gasteiger partial charge in [0.15, 0.2) is 0 Å². The second-order valence-corrected chi connectivity index (χ2v) is 7.44. The molecule has 6 nitrogen and oxygen atoms in total. The Morgan fingerprint density at radius 2 is 1.69 bits per heavy atom. The summed E-state index contributed by atoms with van der Waals surface area (Å²) in [5.74, 6) is -2.06. The molecule has 3 aromatic rings. The van der Waals surface area contributed by atoms with Crippen LogP contribution in [0.3, 0.4) is 0 Å². The Labute approximate surface area is 170 Å². The maximum absolute atomic E-state index is 13.1. The summed E-state index contributed by atoms with van der Waals surface area (Å²) in [7, 11) is 0. The SMILES string of the molecule is CC(c1ccccc1)N1C(=O)C(=O)N(Cc2csc(-c3ccc(F)cc3)n2)C1=O. The topological polar surface area (TPSA) is 70.6 Å². The van der Waals surface area contributed by atoms with Crippen molar-refractivity contribution in [1.82, 2.24) is 14.8 Å². The second kappa shape index (κ2) is 7.56. The van der Waals surface area contributed by atoms with Crippen molar-refractivity contribution in [3.05, 3.63) is 77.1 Å². The molecule has 1 aliphatic heterocycles. The number of nitrogens with zero attached hydrogens (tertiary/aromatic N) is 3. The molecule has 8 heteroatoms. The second-order valence-electron chi connectivity index (χ2n) is 6.59. The van der Waals surface area contributed by atoms with Crippen molar-refractivity contribution >= 4 is 29.2 Å². The zero-order chi connectivity index (χ0) is 20.5. The first kappa shape index (κ1) is 18.9. The van der Waals surface area contributed by atoms with Crippen LogP contribution in [0.2, 0.25) is 0 Å². The van der Waals surface area contributed by atoms with Crippen LogP contribution in [-0.4, -0.2) is 32.6 Å². The van der Waals surface area contributed by atoms with Crippen molar-refractivity contribution in [2.45, 2.75) is 19.5 Å². The molecule has 4 amide bonds. The zero-order valence-corrected chi connectivity index (χ0v) is 16.2. The number of carbonyl (C=O) groups is 3. The van der Waals surface area contributed by atoms with Crippen molar-refractivity contribution in [3.8, 4) is 10.6 Å². The molecule has 1 unspecified atom stereocenters. The summed E-state index contributed by atoms with van der Waals surface area (Å²) in [6.45, 7) is 1.61. The number of hydrogen-bond acceptors (Lipinski definition) is 5. The quantitative estimate of drug-likeness (QED) is 0.472. The van der Waals surface area contributed by atoms with Crippen LogP contribution in [0, 0.1) is 5.82 Å². The van der Waals surface area contributed by atoms with Gasteiger partial charge in [-0.05, 0) is 36.8 Å². The highest BCUT2D eigenvalue weighted by Gasteiger charge is 2.47. The molecule has 29 heavy (non-hydrogen) atoms. The van der Waals surface area contributed by atoms with E-state index in [1.807, 2.05) is 18.2 Å². The largest absolute Gasteiger partial charge is 0.335 e. The molecule has 1 atom stereocenters. The van der Waals surface area contributed by atoms with Gasteiger partial charge in [0.05, 0.1) is 18.3 Å². The molecule has 0 radical (unpaired) electrons. The summed E-state index contributed by atoms with van der Waals surface area (Å²) >= 11 is 1.32. The van der Waals surface area contributed by atoms with Crippen LogP contribution in [0.4, 0.5) is 9.18 Å². The number of benzene rings is 2. The van der Waals surface area contributed by atoms with E-state index in [4.69, 9.17) is 0 Å². The minimum Gasteiger partial charge on any atom is -0.263 e. The van der Waals surface area contributed by atoms with Crippen LogP contribution in [0.25, 0.3) is 10.6 Å². The monoisotopic (exact) mass is 409 g/mol. The van der Waals surface area contributed by atoms with Crippen molar-refractivity contribution < 1.29 is 18.8 Å². The lowest BCUT2D eigenvalue weighted by molar-refractivity contribution is -0.144. The summed E-state index contributed by atoms with van der Waals surface area (Å²) in [6, 6.07) is 13.7. The molecule has 0 saturated carbocycles. The van der Waals surface area contributed by atoms with E-state index in [9.17, 15) is 18.8 Å². The van der Waals surface area contributed by atoms with E-state index in [2.05, 4.69) is 4.98 Å². The van der Waals surface area contributed by atoms with Crippen LogP contribution in [0.1, 0.15) is 24.2 Å². The van der Waals surface area contributed by atoms with Gasteiger partial charge >= 0.3 is 17.8 Å². The highest BCUT2D eigenvalue weighted by molar-refractivity contribution is 7.13. The predicted octanol–water partition coefficient (Wildman–Crippen LogP) is 4.00. The molecule has 1 aromatic heterocycles. The lowest BCUT2D eigenvalue weighted by atomic mass is 10.1. The third kappa shape index (κ3) is 3.54. The number of thiazole rings is 1. The van der Waals surface area contributed by atoms with Gasteiger partial charge in [-0.25, -0.2) is 24.0 Å². The summed E-state index contributed by atoms with van der Waals surface area (Å²) < 4.78 is 13.1. The molecule has 0 bridgehead atoms. The number of aromatic nitrogens is 1. The van der Waals surface area contributed by atoms with Crippen LogP contribution in [0.15, 0.2) is 60.0 Å². The predicted molar refractivity (Wildman–Crippen MR) is 105 cm³/mol. The van der Waals surface area contributed by atoms with E-state index in [0.717, 1.165) is 20.9 Å². The van der Waals surface area contributed by atoms with Crippen molar-refractivity contribution in [1.29, 1.82) is 0 Å². The Bertz CT molecular complexity index is 1080. The molecule has 0 aliphatic carbocycles. The standard InChI is InChI=1S/C21H16FN3O3S/c1-13(14-5-3-2-4-6-14)25-20(27)19(26)24(21(25)28)11-17-12-29-18(23-17)15-7-9-16(22)10-8-15/h2-10,12-13H,11H2,1H3. The highest BCUT2D eigenvalue weighted by Crippen LogP contribution is 2.29. The molecule has 1 fully saturated rings. The van der Waals surface area contributed by atoms with E-state index in [-0.39, 0.29) is 12.4 Å². The molecular formula is C21H16FN3O3S. The molecule has 0 N–H and O–H groups in total. The molecule has 146 valence electrons. The summed E-state index contributed by atoms with van der Waals surface area (Å²) in [4.78, 5) is 44.0. The fourth-order valence-corrected chi connectivity index (χ4v) is 3.97. The third-order valence-electron chi connectivity index (χ3n) is 4.72. The number of carbonyl (C=O) groups excluding carboxylic acids is 3. The lowest BCUT2D eigenvalue weighted by Crippen LogP contribution is -2.35. The molecule has 0 spiro atoms. The molecule has 1 aliphatic rings. The first-order valence-electron chi connectivity index (χ1n) is 8.90. The van der Waals surface area contributed by atoms with Crippen LogP contribution in [0.5, 0.6) is 0 Å². The van der Waals surface area contributed by atoms with Gasteiger partial charge in [0.1, 0.15) is 10.8 Å².